The minimum absolute atomic E-state index is 0.00542. The van der Waals surface area contributed by atoms with Crippen LogP contribution in [0.5, 0.6) is 5.75 Å². The van der Waals surface area contributed by atoms with Crippen LogP contribution in [-0.2, 0) is 35.1 Å². The van der Waals surface area contributed by atoms with Crippen molar-refractivity contribution in [1.82, 2.24) is 26.2 Å². The van der Waals surface area contributed by atoms with Gasteiger partial charge in [-0.3, -0.25) is 29.3 Å². The predicted octanol–water partition coefficient (Wildman–Crippen LogP) is 4.65. The van der Waals surface area contributed by atoms with E-state index in [9.17, 15) is 33.9 Å². The smallest absolute Gasteiger partial charge is 0.408 e. The first kappa shape index (κ1) is 48.8. The molecule has 1 aromatic rings. The lowest BCUT2D eigenvalue weighted by Crippen LogP contribution is -2.58. The van der Waals surface area contributed by atoms with Gasteiger partial charge in [0, 0.05) is 32.9 Å². The van der Waals surface area contributed by atoms with Crippen LogP contribution in [0.2, 0.25) is 0 Å². The highest BCUT2D eigenvalue weighted by atomic mass is 16.6. The molecule has 55 heavy (non-hydrogen) atoms. The van der Waals surface area contributed by atoms with E-state index in [1.54, 1.807) is 52.1 Å². The Morgan fingerprint density at radius 1 is 0.782 bits per heavy atom. The van der Waals surface area contributed by atoms with Gasteiger partial charge in [-0.05, 0) is 81.9 Å². The Balaban J connectivity index is 2.98. The second kappa shape index (κ2) is 24.3. The van der Waals surface area contributed by atoms with E-state index in [1.807, 2.05) is 41.5 Å². The summed E-state index contributed by atoms with van der Waals surface area (Å²) in [4.78, 5) is 78.9. The molecule has 0 aromatic heterocycles. The fraction of sp³-hybridized carbons (Fsp3) is 0.707. The Labute approximate surface area is 328 Å². The molecular weight excluding hydrogens is 706 g/mol. The van der Waals surface area contributed by atoms with Crippen molar-refractivity contribution in [3.63, 3.8) is 0 Å². The molecule has 0 fully saturated rings. The number of imide groups is 1. The number of likely N-dealkylation sites (N-methyl/N-ethyl adjacent to an activating group) is 1. The van der Waals surface area contributed by atoms with Crippen molar-refractivity contribution < 1.29 is 43.3 Å². The highest BCUT2D eigenvalue weighted by Gasteiger charge is 2.35. The average Bonchev–Trinajstić information content (AvgIpc) is 3.06. The molecule has 6 amide bonds. The van der Waals surface area contributed by atoms with Gasteiger partial charge in [0.1, 0.15) is 23.4 Å². The van der Waals surface area contributed by atoms with Crippen molar-refractivity contribution >= 4 is 35.6 Å². The normalized spacial score (nSPS) is 13.7. The minimum Gasteiger partial charge on any atom is -0.497 e. The van der Waals surface area contributed by atoms with Gasteiger partial charge in [-0.25, -0.2) is 4.79 Å². The average molecular weight is 776 g/mol. The number of ether oxygens (including phenoxy) is 2. The third-order valence-corrected chi connectivity index (χ3v) is 8.59. The summed E-state index contributed by atoms with van der Waals surface area (Å²) in [5, 5.41) is 22.0. The number of hydrogen-bond acceptors (Lipinski definition) is 9. The quantitative estimate of drug-likeness (QED) is 0.0985. The van der Waals surface area contributed by atoms with Crippen molar-refractivity contribution in [2.75, 3.05) is 20.7 Å². The summed E-state index contributed by atoms with van der Waals surface area (Å²) in [6.07, 6.45) is 0.952. The summed E-state index contributed by atoms with van der Waals surface area (Å²) in [5.74, 6) is -1.08. The topological polar surface area (TPSA) is 192 Å². The van der Waals surface area contributed by atoms with Gasteiger partial charge in [0.2, 0.25) is 29.5 Å². The van der Waals surface area contributed by atoms with Crippen molar-refractivity contribution in [2.45, 2.75) is 150 Å². The molecule has 1 aromatic carbocycles. The number of unbranched alkanes of at least 4 members (excludes halogenated alkanes) is 2. The third-order valence-electron chi connectivity index (χ3n) is 8.59. The van der Waals surface area contributed by atoms with Crippen LogP contribution in [0.1, 0.15) is 119 Å². The largest absolute Gasteiger partial charge is 0.497 e. The van der Waals surface area contributed by atoms with Crippen LogP contribution in [0, 0.1) is 17.8 Å². The predicted molar refractivity (Wildman–Crippen MR) is 212 cm³/mol. The highest BCUT2D eigenvalue weighted by molar-refractivity contribution is 5.95. The van der Waals surface area contributed by atoms with Gasteiger partial charge in [0.05, 0.1) is 25.7 Å². The van der Waals surface area contributed by atoms with Crippen LogP contribution in [0.3, 0.4) is 0 Å². The van der Waals surface area contributed by atoms with Gasteiger partial charge in [-0.1, -0.05) is 60.1 Å². The number of benzene rings is 1. The van der Waals surface area contributed by atoms with E-state index in [0.717, 1.165) is 5.56 Å². The first-order valence-electron chi connectivity index (χ1n) is 19.6. The van der Waals surface area contributed by atoms with Gasteiger partial charge >= 0.3 is 6.09 Å². The molecule has 0 unspecified atom stereocenters. The Bertz CT molecular complexity index is 1370. The Kier molecular flexibility index (Phi) is 21.6. The van der Waals surface area contributed by atoms with Crippen molar-refractivity contribution in [1.29, 1.82) is 0 Å². The summed E-state index contributed by atoms with van der Waals surface area (Å²) in [6.45, 7) is 17.1. The number of amides is 6. The van der Waals surface area contributed by atoms with Crippen molar-refractivity contribution in [2.24, 2.45) is 17.8 Å². The third kappa shape index (κ3) is 20.9. The second-order valence-electron chi connectivity index (χ2n) is 16.6. The lowest BCUT2D eigenvalue weighted by atomic mass is 9.95. The monoisotopic (exact) mass is 776 g/mol. The van der Waals surface area contributed by atoms with Crippen molar-refractivity contribution in [3.8, 4) is 5.75 Å². The fourth-order valence-corrected chi connectivity index (χ4v) is 5.89. The number of aliphatic hydroxyl groups is 1. The van der Waals surface area contributed by atoms with Crippen LogP contribution in [0.4, 0.5) is 4.79 Å². The number of alkyl carbamates (subject to hydrolysis) is 1. The van der Waals surface area contributed by atoms with E-state index in [2.05, 4.69) is 21.3 Å². The molecule has 0 aliphatic heterocycles. The minimum atomic E-state index is -1.20. The van der Waals surface area contributed by atoms with Gasteiger partial charge < -0.3 is 35.4 Å². The maximum atomic E-state index is 14.1. The molecule has 5 N–H and O–H groups in total. The zero-order valence-electron chi connectivity index (χ0n) is 35.1. The molecule has 0 saturated carbocycles. The molecule has 0 aliphatic carbocycles. The van der Waals surface area contributed by atoms with E-state index in [-0.39, 0.29) is 54.7 Å². The number of nitrogens with one attached hydrogen (secondary N) is 4. The Morgan fingerprint density at radius 3 is 1.95 bits per heavy atom. The molecule has 0 heterocycles. The maximum absolute atomic E-state index is 14.1. The van der Waals surface area contributed by atoms with E-state index in [4.69, 9.17) is 9.47 Å². The number of carbonyl (C=O) groups excluding carboxylic acids is 6. The van der Waals surface area contributed by atoms with Crippen LogP contribution >= 0.6 is 0 Å². The summed E-state index contributed by atoms with van der Waals surface area (Å²) in [7, 11) is 3.07. The van der Waals surface area contributed by atoms with Gasteiger partial charge in [-0.15, -0.1) is 0 Å². The summed E-state index contributed by atoms with van der Waals surface area (Å²) >= 11 is 0. The maximum Gasteiger partial charge on any atom is 0.408 e. The molecule has 1 rings (SSSR count). The molecule has 0 aliphatic rings. The first-order valence-corrected chi connectivity index (χ1v) is 19.6. The van der Waals surface area contributed by atoms with Crippen LogP contribution in [-0.4, -0.2) is 96.2 Å². The number of nitrogens with zero attached hydrogens (tertiary/aromatic N) is 1. The summed E-state index contributed by atoms with van der Waals surface area (Å²) in [6, 6.07) is 4.32. The number of rotatable bonds is 23. The second-order valence-corrected chi connectivity index (χ2v) is 16.6. The van der Waals surface area contributed by atoms with Gasteiger partial charge in [-0.2, -0.15) is 0 Å². The standard InChI is InChI=1S/C41H69N5O9/c1-26(2)21-31(34(47)25-36(49)42-20-14-12-13-15-35(48)45-37(50)23-28(5)6)43-38(51)33(22-27(3)4)46(10)39(52)32(44-40(53)55-41(7,8)9)24-29-16-18-30(54-11)19-17-29/h16-19,26-28,31-34,47H,12-15,20-25H2,1-11H3,(H,42,49)(H,43,51)(H,44,53)(H,45,48,50)/t31-,32-,33-,34-/m0/s1. The lowest BCUT2D eigenvalue weighted by molar-refractivity contribution is -0.141. The number of aliphatic hydroxyl groups excluding tert-OH is 1. The number of methoxy groups -OCH3 is 1. The molecule has 0 radical (unpaired) electrons. The van der Waals surface area contributed by atoms with Crippen molar-refractivity contribution in [3.05, 3.63) is 29.8 Å². The molecule has 4 atom stereocenters. The van der Waals surface area contributed by atoms with Crippen LogP contribution < -0.4 is 26.0 Å². The fourth-order valence-electron chi connectivity index (χ4n) is 5.89. The highest BCUT2D eigenvalue weighted by Crippen LogP contribution is 2.19. The SMILES string of the molecule is COc1ccc(C[C@H](NC(=O)OC(C)(C)C)C(=O)N(C)[C@@H](CC(C)C)C(=O)N[C@@H](CC(C)C)[C@@H](O)CC(=O)NCCCCCC(=O)NC(=O)CC(C)C)cc1. The molecule has 312 valence electrons. The van der Waals surface area contributed by atoms with Gasteiger partial charge in [0.15, 0.2) is 0 Å². The van der Waals surface area contributed by atoms with E-state index in [0.29, 0.717) is 50.8 Å². The van der Waals surface area contributed by atoms with E-state index < -0.39 is 47.7 Å². The zero-order chi connectivity index (χ0) is 41.9. The van der Waals surface area contributed by atoms with E-state index >= 15 is 0 Å². The molecule has 0 spiro atoms. The summed E-state index contributed by atoms with van der Waals surface area (Å²) in [5.41, 5.74) is -0.0489. The van der Waals surface area contributed by atoms with Crippen LogP contribution in [0.25, 0.3) is 0 Å². The lowest BCUT2D eigenvalue weighted by Gasteiger charge is -2.34. The Hall–Kier alpha value is -4.20. The molecule has 14 heteroatoms. The first-order chi connectivity index (χ1) is 25.6. The zero-order valence-corrected chi connectivity index (χ0v) is 35.1. The molecule has 0 saturated heterocycles. The Morgan fingerprint density at radius 2 is 1.40 bits per heavy atom. The number of carbonyl (C=O) groups is 6. The van der Waals surface area contributed by atoms with E-state index in [1.165, 1.54) is 11.9 Å². The van der Waals surface area contributed by atoms with Crippen LogP contribution in [0.15, 0.2) is 24.3 Å². The molecule has 0 bridgehead atoms. The molecule has 14 nitrogen and oxygen atoms in total. The molecular formula is C41H69N5O9. The number of hydrogen-bond donors (Lipinski definition) is 5. The summed E-state index contributed by atoms with van der Waals surface area (Å²) < 4.78 is 10.7. The van der Waals surface area contributed by atoms with Gasteiger partial charge in [0.25, 0.3) is 0 Å².